The molecule has 0 radical (unpaired) electrons. The van der Waals surface area contributed by atoms with Gasteiger partial charge in [-0.3, -0.25) is 4.79 Å². The quantitative estimate of drug-likeness (QED) is 0.720. The van der Waals surface area contributed by atoms with Crippen LogP contribution in [0.3, 0.4) is 0 Å². The maximum atomic E-state index is 12.3. The third kappa shape index (κ3) is 6.67. The summed E-state index contributed by atoms with van der Waals surface area (Å²) in [5.41, 5.74) is 7.05. The van der Waals surface area contributed by atoms with Crippen molar-refractivity contribution in [2.45, 2.75) is 52.1 Å². The van der Waals surface area contributed by atoms with Crippen molar-refractivity contribution in [1.29, 1.82) is 0 Å². The lowest BCUT2D eigenvalue weighted by Gasteiger charge is -2.25. The number of amides is 1. The minimum absolute atomic E-state index is 0.0754. The summed E-state index contributed by atoms with van der Waals surface area (Å²) in [6.45, 7) is 8.61. The first kappa shape index (κ1) is 19.7. The van der Waals surface area contributed by atoms with Crippen molar-refractivity contribution in [2.75, 3.05) is 26.2 Å². The van der Waals surface area contributed by atoms with Crippen LogP contribution in [0.1, 0.15) is 45.1 Å². The molecule has 1 amide bonds. The number of nitrogens with zero attached hydrogens (tertiary/aromatic N) is 1. The number of carbonyl (C=O) groups excluding carboxylic acids is 1. The molecule has 1 saturated carbocycles. The molecule has 0 spiro atoms. The molecule has 2 unspecified atom stereocenters. The number of carbonyl (C=O) groups is 1. The van der Waals surface area contributed by atoms with Gasteiger partial charge < -0.3 is 20.7 Å². The van der Waals surface area contributed by atoms with E-state index in [-0.39, 0.29) is 17.9 Å². The lowest BCUT2D eigenvalue weighted by Crippen LogP contribution is -2.37. The Morgan fingerprint density at radius 2 is 1.96 bits per heavy atom. The molecule has 1 aromatic carbocycles. The van der Waals surface area contributed by atoms with Crippen molar-refractivity contribution in [3.8, 4) is 5.75 Å². The van der Waals surface area contributed by atoms with Gasteiger partial charge in [0.25, 0.3) is 0 Å². The van der Waals surface area contributed by atoms with Crippen molar-refractivity contribution in [2.24, 2.45) is 11.7 Å². The van der Waals surface area contributed by atoms with Crippen LogP contribution in [-0.4, -0.2) is 43.1 Å². The zero-order valence-electron chi connectivity index (χ0n) is 15.7. The fourth-order valence-electron chi connectivity index (χ4n) is 3.34. The van der Waals surface area contributed by atoms with Crippen LogP contribution in [-0.2, 0) is 11.3 Å². The van der Waals surface area contributed by atoms with Crippen molar-refractivity contribution >= 4 is 5.91 Å². The predicted octanol–water partition coefficient (Wildman–Crippen LogP) is 2.54. The molecule has 25 heavy (non-hydrogen) atoms. The molecule has 1 aromatic rings. The number of rotatable bonds is 9. The van der Waals surface area contributed by atoms with E-state index in [1.807, 2.05) is 24.3 Å². The highest BCUT2D eigenvalue weighted by atomic mass is 16.5. The third-order valence-electron chi connectivity index (χ3n) is 5.05. The first-order chi connectivity index (χ1) is 12.1. The number of nitrogens with one attached hydrogen (secondary N) is 1. The Labute approximate surface area is 151 Å². The van der Waals surface area contributed by atoms with E-state index in [1.54, 1.807) is 0 Å². The Morgan fingerprint density at radius 1 is 1.24 bits per heavy atom. The van der Waals surface area contributed by atoms with E-state index in [0.717, 1.165) is 56.6 Å². The maximum absolute atomic E-state index is 12.3. The summed E-state index contributed by atoms with van der Waals surface area (Å²) in [4.78, 5) is 14.6. The topological polar surface area (TPSA) is 67.6 Å². The van der Waals surface area contributed by atoms with Crippen LogP contribution in [0, 0.1) is 5.92 Å². The Bertz CT molecular complexity index is 514. The summed E-state index contributed by atoms with van der Waals surface area (Å²) < 4.78 is 5.78. The smallest absolute Gasteiger partial charge is 0.223 e. The standard InChI is InChI=1S/C20H33N3O2/c1-3-23(4-2)12-13-25-19-10-8-16(9-11-19)15-22-20(24)17-6-5-7-18(21)14-17/h8-11,17-18H,3-7,12-15,21H2,1-2H3,(H,22,24). The van der Waals surface area contributed by atoms with Crippen LogP contribution >= 0.6 is 0 Å². The average Bonchev–Trinajstić information content (AvgIpc) is 2.64. The van der Waals surface area contributed by atoms with Crippen LogP contribution in [0.2, 0.25) is 0 Å². The first-order valence-corrected chi connectivity index (χ1v) is 9.59. The zero-order valence-corrected chi connectivity index (χ0v) is 15.7. The summed E-state index contributed by atoms with van der Waals surface area (Å²) in [5.74, 6) is 1.08. The second-order valence-electron chi connectivity index (χ2n) is 6.86. The van der Waals surface area contributed by atoms with E-state index < -0.39 is 0 Å². The van der Waals surface area contributed by atoms with Crippen molar-refractivity contribution in [3.05, 3.63) is 29.8 Å². The lowest BCUT2D eigenvalue weighted by atomic mass is 9.85. The molecule has 2 atom stereocenters. The molecular formula is C20H33N3O2. The van der Waals surface area contributed by atoms with Gasteiger partial charge in [0.05, 0.1) is 0 Å². The van der Waals surface area contributed by atoms with E-state index in [0.29, 0.717) is 13.2 Å². The minimum Gasteiger partial charge on any atom is -0.492 e. The van der Waals surface area contributed by atoms with Crippen LogP contribution in [0.15, 0.2) is 24.3 Å². The Kier molecular flexibility index (Phi) is 8.22. The molecule has 1 aliphatic carbocycles. The summed E-state index contributed by atoms with van der Waals surface area (Å²) in [7, 11) is 0. The first-order valence-electron chi connectivity index (χ1n) is 9.59. The van der Waals surface area contributed by atoms with Crippen molar-refractivity contribution < 1.29 is 9.53 Å². The number of benzene rings is 1. The highest BCUT2D eigenvalue weighted by Crippen LogP contribution is 2.23. The van der Waals surface area contributed by atoms with E-state index >= 15 is 0 Å². The Hall–Kier alpha value is -1.59. The highest BCUT2D eigenvalue weighted by Gasteiger charge is 2.24. The molecule has 1 aliphatic rings. The second kappa shape index (κ2) is 10.4. The van der Waals surface area contributed by atoms with E-state index in [2.05, 4.69) is 24.1 Å². The highest BCUT2D eigenvalue weighted by molar-refractivity contribution is 5.78. The van der Waals surface area contributed by atoms with Crippen LogP contribution in [0.5, 0.6) is 5.75 Å². The Morgan fingerprint density at radius 3 is 2.60 bits per heavy atom. The van der Waals surface area contributed by atoms with Gasteiger partial charge in [-0.1, -0.05) is 32.4 Å². The average molecular weight is 348 g/mol. The number of nitrogens with two attached hydrogens (primary N) is 1. The monoisotopic (exact) mass is 347 g/mol. The largest absolute Gasteiger partial charge is 0.492 e. The molecule has 5 nitrogen and oxygen atoms in total. The van der Waals surface area contributed by atoms with E-state index in [4.69, 9.17) is 10.5 Å². The van der Waals surface area contributed by atoms with Gasteiger partial charge in [-0.2, -0.15) is 0 Å². The SMILES string of the molecule is CCN(CC)CCOc1ccc(CNC(=O)C2CCCC(N)C2)cc1. The summed E-state index contributed by atoms with van der Waals surface area (Å²) in [6.07, 6.45) is 3.86. The van der Waals surface area contributed by atoms with Crippen molar-refractivity contribution in [3.63, 3.8) is 0 Å². The normalized spacial score (nSPS) is 20.5. The maximum Gasteiger partial charge on any atom is 0.223 e. The molecule has 2 rings (SSSR count). The van der Waals surface area contributed by atoms with Gasteiger partial charge in [0, 0.05) is 25.0 Å². The minimum atomic E-state index is 0.0754. The van der Waals surface area contributed by atoms with Crippen molar-refractivity contribution in [1.82, 2.24) is 10.2 Å². The van der Waals surface area contributed by atoms with Gasteiger partial charge in [0.2, 0.25) is 5.91 Å². The summed E-state index contributed by atoms with van der Waals surface area (Å²) in [6, 6.07) is 8.15. The summed E-state index contributed by atoms with van der Waals surface area (Å²) in [5, 5.41) is 3.04. The second-order valence-corrected chi connectivity index (χ2v) is 6.86. The van der Waals surface area contributed by atoms with E-state index in [9.17, 15) is 4.79 Å². The Balaban J connectivity index is 1.71. The number of hydrogen-bond donors (Lipinski definition) is 2. The molecule has 0 aliphatic heterocycles. The van der Waals surface area contributed by atoms with Crippen LogP contribution < -0.4 is 15.8 Å². The zero-order chi connectivity index (χ0) is 18.1. The van der Waals surface area contributed by atoms with Gasteiger partial charge in [-0.25, -0.2) is 0 Å². The van der Waals surface area contributed by atoms with Gasteiger partial charge in [0.1, 0.15) is 12.4 Å². The fraction of sp³-hybridized carbons (Fsp3) is 0.650. The van der Waals surface area contributed by atoms with Gasteiger partial charge in [-0.05, 0) is 50.0 Å². The van der Waals surface area contributed by atoms with Gasteiger partial charge >= 0.3 is 0 Å². The van der Waals surface area contributed by atoms with Gasteiger partial charge in [-0.15, -0.1) is 0 Å². The molecular weight excluding hydrogens is 314 g/mol. The molecule has 0 bridgehead atoms. The molecule has 5 heteroatoms. The fourth-order valence-corrected chi connectivity index (χ4v) is 3.34. The molecule has 0 aromatic heterocycles. The molecule has 1 fully saturated rings. The molecule has 140 valence electrons. The summed E-state index contributed by atoms with van der Waals surface area (Å²) >= 11 is 0. The van der Waals surface area contributed by atoms with Crippen LogP contribution in [0.25, 0.3) is 0 Å². The number of hydrogen-bond acceptors (Lipinski definition) is 4. The lowest BCUT2D eigenvalue weighted by molar-refractivity contribution is -0.126. The van der Waals surface area contributed by atoms with E-state index in [1.165, 1.54) is 0 Å². The molecule has 3 N–H and O–H groups in total. The molecule has 0 heterocycles. The third-order valence-corrected chi connectivity index (χ3v) is 5.05. The van der Waals surface area contributed by atoms with Crippen LogP contribution in [0.4, 0.5) is 0 Å². The number of ether oxygens (including phenoxy) is 1. The molecule has 0 saturated heterocycles. The predicted molar refractivity (Wildman–Crippen MR) is 102 cm³/mol. The van der Waals surface area contributed by atoms with Gasteiger partial charge in [0.15, 0.2) is 0 Å². The number of likely N-dealkylation sites (N-methyl/N-ethyl adjacent to an activating group) is 1.